The molecular weight excluding hydrogens is 449 g/mol. The molecule has 0 radical (unpaired) electrons. The van der Waals surface area contributed by atoms with E-state index in [0.717, 1.165) is 16.9 Å². The van der Waals surface area contributed by atoms with Crippen LogP contribution in [0.2, 0.25) is 0 Å². The Morgan fingerprint density at radius 2 is 1.77 bits per heavy atom. The van der Waals surface area contributed by atoms with E-state index >= 15 is 0 Å². The summed E-state index contributed by atoms with van der Waals surface area (Å²) in [5.41, 5.74) is 2.86. The number of likely N-dealkylation sites (tertiary alicyclic amines) is 1. The van der Waals surface area contributed by atoms with Crippen molar-refractivity contribution in [1.82, 2.24) is 14.5 Å². The smallest absolute Gasteiger partial charge is 0.256 e. The van der Waals surface area contributed by atoms with Gasteiger partial charge in [-0.15, -0.1) is 0 Å². The lowest BCUT2D eigenvalue weighted by Crippen LogP contribution is -2.41. The van der Waals surface area contributed by atoms with E-state index in [9.17, 15) is 14.3 Å². The van der Waals surface area contributed by atoms with Crippen molar-refractivity contribution >= 4 is 16.9 Å². The molecule has 8 heteroatoms. The molecule has 0 spiro atoms. The van der Waals surface area contributed by atoms with Crippen molar-refractivity contribution in [3.05, 3.63) is 78.1 Å². The highest BCUT2D eigenvalue weighted by Crippen LogP contribution is 2.39. The van der Waals surface area contributed by atoms with E-state index in [0.29, 0.717) is 48.5 Å². The summed E-state index contributed by atoms with van der Waals surface area (Å²) in [6.45, 7) is 1.20. The minimum atomic E-state index is -1.17. The van der Waals surface area contributed by atoms with Crippen LogP contribution in [0.4, 0.5) is 4.39 Å². The van der Waals surface area contributed by atoms with Gasteiger partial charge < -0.3 is 24.0 Å². The lowest BCUT2D eigenvalue weighted by molar-refractivity contribution is -0.141. The number of amides is 1. The maximum atomic E-state index is 14.0. The van der Waals surface area contributed by atoms with Gasteiger partial charge in [0.05, 0.1) is 11.0 Å². The maximum Gasteiger partial charge on any atom is 0.256 e. The molecule has 3 heterocycles. The van der Waals surface area contributed by atoms with Crippen LogP contribution in [-0.4, -0.2) is 45.3 Å². The van der Waals surface area contributed by atoms with Crippen LogP contribution in [0.15, 0.2) is 66.7 Å². The quantitative estimate of drug-likeness (QED) is 0.473. The van der Waals surface area contributed by atoms with E-state index in [1.54, 1.807) is 23.1 Å². The average molecular weight is 474 g/mol. The van der Waals surface area contributed by atoms with Gasteiger partial charge in [0.1, 0.15) is 11.6 Å². The average Bonchev–Trinajstić information content (AvgIpc) is 3.52. The molecule has 3 aromatic carbocycles. The molecule has 1 amide bonds. The number of nitrogens with zero attached hydrogens (tertiary/aromatic N) is 3. The van der Waals surface area contributed by atoms with Crippen molar-refractivity contribution < 1.29 is 23.8 Å². The molecule has 1 fully saturated rings. The van der Waals surface area contributed by atoms with Crippen molar-refractivity contribution in [3.63, 3.8) is 0 Å². The fourth-order valence-electron chi connectivity index (χ4n) is 4.98. The van der Waals surface area contributed by atoms with Gasteiger partial charge in [0.2, 0.25) is 6.79 Å². The fourth-order valence-corrected chi connectivity index (χ4v) is 4.98. The number of carbonyl (C=O) groups excluding carboxylic acids is 1. The third kappa shape index (κ3) is 3.89. The summed E-state index contributed by atoms with van der Waals surface area (Å²) < 4.78 is 27.1. The van der Waals surface area contributed by atoms with Crippen LogP contribution in [0.3, 0.4) is 0 Å². The SMILES string of the molecule is O=C([C@@H](O)c1ccccc1)N1CCC(n2c(-c3ccc4c(c3)OCO4)nc3cc(F)ccc32)CC1. The number of carbonyl (C=O) groups is 1. The van der Waals surface area contributed by atoms with E-state index in [1.807, 2.05) is 36.4 Å². The predicted molar refractivity (Wildman–Crippen MR) is 128 cm³/mol. The van der Waals surface area contributed by atoms with Crippen LogP contribution < -0.4 is 9.47 Å². The standard InChI is InChI=1S/C27H24FN3O4/c28-19-7-8-22-21(15-19)29-26(18-6-9-23-24(14-18)35-16-34-23)31(22)20-10-12-30(13-11-20)27(33)25(32)17-4-2-1-3-5-17/h1-9,14-15,20,25,32H,10-13,16H2/t25-/m0/s1. The highest BCUT2D eigenvalue weighted by atomic mass is 19.1. The molecule has 0 saturated carbocycles. The molecule has 6 rings (SSSR count). The first-order valence-corrected chi connectivity index (χ1v) is 11.7. The van der Waals surface area contributed by atoms with Gasteiger partial charge in [-0.05, 0) is 48.7 Å². The number of aliphatic hydroxyl groups excluding tert-OH is 1. The van der Waals surface area contributed by atoms with Gasteiger partial charge in [-0.25, -0.2) is 9.37 Å². The lowest BCUT2D eigenvalue weighted by atomic mass is 10.0. The van der Waals surface area contributed by atoms with Gasteiger partial charge in [0, 0.05) is 30.8 Å². The van der Waals surface area contributed by atoms with E-state index in [1.165, 1.54) is 12.1 Å². The highest BCUT2D eigenvalue weighted by Gasteiger charge is 2.31. The first-order chi connectivity index (χ1) is 17.1. The third-order valence-corrected chi connectivity index (χ3v) is 6.77. The zero-order valence-electron chi connectivity index (χ0n) is 18.9. The van der Waals surface area contributed by atoms with Crippen LogP contribution >= 0.6 is 0 Å². The molecule has 178 valence electrons. The van der Waals surface area contributed by atoms with E-state index in [2.05, 4.69) is 4.57 Å². The third-order valence-electron chi connectivity index (χ3n) is 6.77. The minimum absolute atomic E-state index is 0.0591. The Morgan fingerprint density at radius 1 is 1.00 bits per heavy atom. The summed E-state index contributed by atoms with van der Waals surface area (Å²) in [7, 11) is 0. The Morgan fingerprint density at radius 3 is 2.57 bits per heavy atom. The number of hydrogen-bond acceptors (Lipinski definition) is 5. The number of aliphatic hydroxyl groups is 1. The second-order valence-electron chi connectivity index (χ2n) is 8.88. The van der Waals surface area contributed by atoms with Crippen molar-refractivity contribution in [3.8, 4) is 22.9 Å². The first-order valence-electron chi connectivity index (χ1n) is 11.7. The second-order valence-corrected chi connectivity index (χ2v) is 8.88. The van der Waals surface area contributed by atoms with Crippen molar-refractivity contribution in [1.29, 1.82) is 0 Å². The Kier molecular flexibility index (Phi) is 5.37. The van der Waals surface area contributed by atoms with Crippen LogP contribution in [0, 0.1) is 5.82 Å². The molecule has 1 N–H and O–H groups in total. The Bertz CT molecular complexity index is 1400. The topological polar surface area (TPSA) is 76.8 Å². The molecule has 0 unspecified atom stereocenters. The molecule has 1 atom stereocenters. The number of benzene rings is 3. The summed E-state index contributed by atoms with van der Waals surface area (Å²) in [5.74, 6) is 1.43. The van der Waals surface area contributed by atoms with Gasteiger partial charge in [0.25, 0.3) is 5.91 Å². The maximum absolute atomic E-state index is 14.0. The summed E-state index contributed by atoms with van der Waals surface area (Å²) in [5, 5.41) is 10.6. The Balaban J connectivity index is 1.29. The molecule has 0 bridgehead atoms. The monoisotopic (exact) mass is 473 g/mol. The van der Waals surface area contributed by atoms with Crippen molar-refractivity contribution in [2.45, 2.75) is 25.0 Å². The first kappa shape index (κ1) is 21.6. The summed E-state index contributed by atoms with van der Waals surface area (Å²) >= 11 is 0. The highest BCUT2D eigenvalue weighted by molar-refractivity contribution is 5.83. The normalized spacial score (nSPS) is 16.6. The molecule has 2 aliphatic rings. The number of aromatic nitrogens is 2. The molecule has 1 saturated heterocycles. The largest absolute Gasteiger partial charge is 0.454 e. The lowest BCUT2D eigenvalue weighted by Gasteiger charge is -2.34. The number of imidazole rings is 1. The molecule has 0 aliphatic carbocycles. The molecule has 7 nitrogen and oxygen atoms in total. The van der Waals surface area contributed by atoms with E-state index in [4.69, 9.17) is 14.5 Å². The van der Waals surface area contributed by atoms with Gasteiger partial charge in [-0.1, -0.05) is 30.3 Å². The number of ether oxygens (including phenoxy) is 2. The van der Waals surface area contributed by atoms with Crippen molar-refractivity contribution in [2.75, 3.05) is 19.9 Å². The number of piperidine rings is 1. The van der Waals surface area contributed by atoms with Gasteiger partial charge in [0.15, 0.2) is 17.6 Å². The summed E-state index contributed by atoms with van der Waals surface area (Å²) in [4.78, 5) is 19.4. The molecule has 35 heavy (non-hydrogen) atoms. The number of halogens is 1. The van der Waals surface area contributed by atoms with E-state index in [-0.39, 0.29) is 24.6 Å². The predicted octanol–water partition coefficient (Wildman–Crippen LogP) is 4.47. The Hall–Kier alpha value is -3.91. The minimum Gasteiger partial charge on any atom is -0.454 e. The van der Waals surface area contributed by atoms with Crippen molar-refractivity contribution in [2.24, 2.45) is 0 Å². The zero-order valence-corrected chi connectivity index (χ0v) is 18.9. The fraction of sp³-hybridized carbons (Fsp3) is 0.259. The Labute approximate surface area is 201 Å². The molecule has 1 aromatic heterocycles. The summed E-state index contributed by atoms with van der Waals surface area (Å²) in [6.07, 6.45) is 0.204. The zero-order chi connectivity index (χ0) is 23.9. The second kappa shape index (κ2) is 8.70. The number of fused-ring (bicyclic) bond motifs is 2. The van der Waals surface area contributed by atoms with Crippen LogP contribution in [-0.2, 0) is 4.79 Å². The van der Waals surface area contributed by atoms with Crippen LogP contribution in [0.5, 0.6) is 11.5 Å². The van der Waals surface area contributed by atoms with Crippen LogP contribution in [0.25, 0.3) is 22.4 Å². The van der Waals surface area contributed by atoms with E-state index < -0.39 is 6.10 Å². The number of hydrogen-bond donors (Lipinski definition) is 1. The van der Waals surface area contributed by atoms with Gasteiger partial charge >= 0.3 is 0 Å². The molecule has 4 aromatic rings. The number of rotatable bonds is 4. The molecular formula is C27H24FN3O4. The van der Waals surface area contributed by atoms with Gasteiger partial charge in [-0.3, -0.25) is 4.79 Å². The summed E-state index contributed by atoms with van der Waals surface area (Å²) in [6, 6.07) is 19.4. The van der Waals surface area contributed by atoms with Crippen LogP contribution in [0.1, 0.15) is 30.6 Å². The van der Waals surface area contributed by atoms with Gasteiger partial charge in [-0.2, -0.15) is 0 Å². The molecule has 2 aliphatic heterocycles.